The van der Waals surface area contributed by atoms with Crippen LogP contribution in [0.3, 0.4) is 0 Å². The number of aryl methyl sites for hydroxylation is 2. The Balaban J connectivity index is 1.17. The number of nitrogens with one attached hydrogen (secondary N) is 2. The Hall–Kier alpha value is -6.17. The highest BCUT2D eigenvalue weighted by atomic mass is 16.5. The molecule has 3 aliphatic rings. The van der Waals surface area contributed by atoms with Gasteiger partial charge in [-0.05, 0) is 77.7 Å². The predicted octanol–water partition coefficient (Wildman–Crippen LogP) is 3.87. The third-order valence-corrected chi connectivity index (χ3v) is 9.24. The summed E-state index contributed by atoms with van der Waals surface area (Å²) in [6.45, 7) is 2.58. The normalized spacial score (nSPS) is 17.5. The highest BCUT2D eigenvalue weighted by Crippen LogP contribution is 2.32. The number of ether oxygens (including phenoxy) is 3. The van der Waals surface area contributed by atoms with E-state index in [1.807, 2.05) is 49.4 Å². The summed E-state index contributed by atoms with van der Waals surface area (Å²) in [5, 5.41) is 6.48. The van der Waals surface area contributed by atoms with Gasteiger partial charge in [0.1, 0.15) is 11.9 Å². The lowest BCUT2D eigenvalue weighted by Crippen LogP contribution is -2.45. The molecule has 5 aromatic rings. The number of nitrogens with zero attached hydrogens (tertiary/aromatic N) is 3. The zero-order valence-electron chi connectivity index (χ0n) is 28.3. The first-order chi connectivity index (χ1) is 24.7. The van der Waals surface area contributed by atoms with Crippen LogP contribution in [0.1, 0.15) is 27.9 Å². The molecule has 2 N–H and O–H groups in total. The largest absolute Gasteiger partial charge is 0.493 e. The molecule has 8 rings (SSSR count). The van der Waals surface area contributed by atoms with Gasteiger partial charge < -0.3 is 29.7 Å². The van der Waals surface area contributed by atoms with Gasteiger partial charge in [0.25, 0.3) is 17.4 Å². The van der Waals surface area contributed by atoms with E-state index in [0.29, 0.717) is 33.7 Å². The molecule has 260 valence electrons. The second kappa shape index (κ2) is 14.4. The molecule has 0 aliphatic carbocycles. The molecule has 51 heavy (non-hydrogen) atoms. The Morgan fingerprint density at radius 3 is 2.69 bits per heavy atom. The molecule has 3 aliphatic heterocycles. The molecule has 12 heteroatoms. The lowest BCUT2D eigenvalue weighted by Gasteiger charge is -2.23. The maximum atomic E-state index is 13.8. The van der Waals surface area contributed by atoms with Crippen molar-refractivity contribution in [2.45, 2.75) is 38.6 Å². The number of fused-ring (bicyclic) bond motifs is 8. The molecule has 0 unspecified atom stereocenters. The molecule has 0 radical (unpaired) electrons. The van der Waals surface area contributed by atoms with Crippen LogP contribution >= 0.6 is 0 Å². The summed E-state index contributed by atoms with van der Waals surface area (Å²) in [4.78, 5) is 59.2. The number of aromatic nitrogens is 2. The van der Waals surface area contributed by atoms with Crippen LogP contribution in [0.15, 0.2) is 96.1 Å². The van der Waals surface area contributed by atoms with Crippen LogP contribution in [0.25, 0.3) is 22.0 Å². The van der Waals surface area contributed by atoms with Crippen molar-refractivity contribution >= 4 is 28.6 Å². The Morgan fingerprint density at radius 1 is 0.961 bits per heavy atom. The molecule has 6 bridgehead atoms. The van der Waals surface area contributed by atoms with Crippen LogP contribution in [0.5, 0.6) is 17.2 Å². The van der Waals surface area contributed by atoms with Gasteiger partial charge >= 0.3 is 0 Å². The lowest BCUT2D eigenvalue weighted by molar-refractivity contribution is -0.130. The van der Waals surface area contributed by atoms with Crippen LogP contribution in [-0.4, -0.2) is 71.1 Å². The molecule has 4 heterocycles. The average molecular weight is 688 g/mol. The third-order valence-electron chi connectivity index (χ3n) is 9.24. The highest BCUT2D eigenvalue weighted by molar-refractivity contribution is 5.96. The van der Waals surface area contributed by atoms with E-state index in [4.69, 9.17) is 14.2 Å². The van der Waals surface area contributed by atoms with E-state index in [0.717, 1.165) is 22.3 Å². The minimum atomic E-state index is -0.619. The first kappa shape index (κ1) is 33.3. The molecular weight excluding hydrogens is 650 g/mol. The summed E-state index contributed by atoms with van der Waals surface area (Å²) < 4.78 is 19.4. The minimum Gasteiger partial charge on any atom is -0.493 e. The monoisotopic (exact) mass is 687 g/mol. The van der Waals surface area contributed by atoms with E-state index in [2.05, 4.69) is 15.6 Å². The number of para-hydroxylation sites is 1. The third kappa shape index (κ3) is 7.25. The zero-order chi connectivity index (χ0) is 35.5. The maximum absolute atomic E-state index is 13.8. The van der Waals surface area contributed by atoms with Crippen LogP contribution in [-0.2, 0) is 22.7 Å². The first-order valence-electron chi connectivity index (χ1n) is 16.7. The van der Waals surface area contributed by atoms with E-state index in [9.17, 15) is 19.2 Å². The Labute approximate surface area is 294 Å². The van der Waals surface area contributed by atoms with Crippen molar-refractivity contribution in [1.82, 2.24) is 25.1 Å². The number of likely N-dealkylation sites (tertiary alicyclic amines) is 1. The number of carbonyl (C=O) groups is 3. The van der Waals surface area contributed by atoms with Crippen molar-refractivity contribution in [3.63, 3.8) is 0 Å². The number of carbonyl (C=O) groups excluding carboxylic acids is 3. The van der Waals surface area contributed by atoms with Gasteiger partial charge in [0.2, 0.25) is 5.91 Å². The van der Waals surface area contributed by atoms with Gasteiger partial charge in [-0.1, -0.05) is 36.4 Å². The van der Waals surface area contributed by atoms with Gasteiger partial charge in [-0.15, -0.1) is 0 Å². The Morgan fingerprint density at radius 2 is 1.82 bits per heavy atom. The van der Waals surface area contributed by atoms with E-state index < -0.39 is 12.1 Å². The molecule has 1 saturated heterocycles. The predicted molar refractivity (Wildman–Crippen MR) is 190 cm³/mol. The van der Waals surface area contributed by atoms with Gasteiger partial charge in [0.05, 0.1) is 36.9 Å². The number of hydrogen-bond acceptors (Lipinski definition) is 8. The van der Waals surface area contributed by atoms with Gasteiger partial charge in [0, 0.05) is 31.6 Å². The van der Waals surface area contributed by atoms with Crippen molar-refractivity contribution in [2.75, 3.05) is 26.8 Å². The fourth-order valence-electron chi connectivity index (χ4n) is 6.44. The van der Waals surface area contributed by atoms with Gasteiger partial charge in [-0.25, -0.2) is 4.98 Å². The number of benzene rings is 4. The smallest absolute Gasteiger partial charge is 0.261 e. The maximum Gasteiger partial charge on any atom is 0.261 e. The van der Waals surface area contributed by atoms with Crippen molar-refractivity contribution in [3.8, 4) is 28.4 Å². The summed E-state index contributed by atoms with van der Waals surface area (Å²) in [7, 11) is 1.52. The molecule has 0 spiro atoms. The van der Waals surface area contributed by atoms with Crippen LogP contribution in [0, 0.1) is 6.92 Å². The fraction of sp³-hybridized carbons (Fsp3) is 0.256. The zero-order valence-corrected chi connectivity index (χ0v) is 28.3. The average Bonchev–Trinajstić information content (AvgIpc) is 3.54. The fourth-order valence-corrected chi connectivity index (χ4v) is 6.44. The molecule has 1 aromatic heterocycles. The first-order valence-corrected chi connectivity index (χ1v) is 16.7. The summed E-state index contributed by atoms with van der Waals surface area (Å²) >= 11 is 0. The van der Waals surface area contributed by atoms with E-state index in [1.165, 1.54) is 18.0 Å². The topological polar surface area (TPSA) is 141 Å². The second-order valence-corrected chi connectivity index (χ2v) is 12.7. The molecule has 3 amide bonds. The summed E-state index contributed by atoms with van der Waals surface area (Å²) in [6.07, 6.45) is 0.898. The van der Waals surface area contributed by atoms with E-state index >= 15 is 0 Å². The summed E-state index contributed by atoms with van der Waals surface area (Å²) in [6, 6.07) is 24.7. The number of methoxy groups -OCH3 is 1. The molecular formula is C39H37N5O7. The number of hydrogen-bond donors (Lipinski definition) is 2. The molecule has 12 nitrogen and oxygen atoms in total. The molecule has 1 fully saturated rings. The molecule has 2 atom stereocenters. The quantitative estimate of drug-likeness (QED) is 0.290. The number of rotatable bonds is 4. The minimum absolute atomic E-state index is 0.0567. The number of amides is 3. The van der Waals surface area contributed by atoms with Crippen molar-refractivity contribution < 1.29 is 28.6 Å². The van der Waals surface area contributed by atoms with Crippen molar-refractivity contribution in [1.29, 1.82) is 0 Å². The van der Waals surface area contributed by atoms with Crippen LogP contribution in [0.4, 0.5) is 0 Å². The van der Waals surface area contributed by atoms with E-state index in [-0.39, 0.29) is 62.5 Å². The van der Waals surface area contributed by atoms with Gasteiger partial charge in [-0.3, -0.25) is 23.7 Å². The van der Waals surface area contributed by atoms with Crippen LogP contribution < -0.4 is 30.4 Å². The molecule has 0 saturated carbocycles. The molecule has 4 aromatic carbocycles. The van der Waals surface area contributed by atoms with Crippen LogP contribution in [0.2, 0.25) is 0 Å². The van der Waals surface area contributed by atoms with Crippen molar-refractivity contribution in [2.24, 2.45) is 0 Å². The highest BCUT2D eigenvalue weighted by Gasteiger charge is 2.38. The van der Waals surface area contributed by atoms with E-state index in [1.54, 1.807) is 47.4 Å². The second-order valence-electron chi connectivity index (χ2n) is 12.7. The summed E-state index contributed by atoms with van der Waals surface area (Å²) in [5.74, 6) is 0.584. The van der Waals surface area contributed by atoms with Gasteiger partial charge in [-0.2, -0.15) is 0 Å². The Bertz CT molecular complexity index is 2200. The SMILES string of the molecule is COc1cc2ccc1O[C@H]1CN(C(=O)CCn3cnc4ccccc4c3=O)C[C@@H]1NC(=O)c1ccc(C)c(c1)-c1cccc(c1)OCC(=O)NC2. The summed E-state index contributed by atoms with van der Waals surface area (Å²) in [5.41, 5.74) is 4.23. The lowest BCUT2D eigenvalue weighted by atomic mass is 9.97. The standard InChI is InChI=1S/C39H37N5O7/c1-24-10-12-27-18-30(24)26-6-5-7-28(17-26)50-22-36(45)40-19-25-11-13-33(34(16-25)49-2)51-35-21-44(20-32(35)42-38(27)47)37(46)14-15-43-23-41-31-9-4-3-8-29(31)39(43)48/h3-13,16-18,23,32,35H,14-15,19-22H2,1-2H3,(H,40,45)(H,42,47)/t32-,35-/m0/s1. The van der Waals surface area contributed by atoms with Gasteiger partial charge in [0.15, 0.2) is 18.1 Å². The van der Waals surface area contributed by atoms with Crippen molar-refractivity contribution in [3.05, 3.63) is 118 Å². The Kier molecular flexibility index (Phi) is 9.38.